The van der Waals surface area contributed by atoms with Crippen molar-refractivity contribution in [1.29, 1.82) is 0 Å². The number of carbonyl (C=O) groups is 1. The molecule has 0 atom stereocenters. The van der Waals surface area contributed by atoms with Crippen LogP contribution in [-0.4, -0.2) is 15.8 Å². The van der Waals surface area contributed by atoms with E-state index in [1.54, 1.807) is 18.4 Å². The van der Waals surface area contributed by atoms with Crippen molar-refractivity contribution in [2.24, 2.45) is 5.73 Å². The molecule has 2 aromatic rings. The van der Waals surface area contributed by atoms with Gasteiger partial charge < -0.3 is 11.1 Å². The van der Waals surface area contributed by atoms with E-state index < -0.39 is 4.92 Å². The molecular weight excluding hydrogens is 292 g/mol. The molecule has 0 spiro atoms. The summed E-state index contributed by atoms with van der Waals surface area (Å²) < 4.78 is 0. The van der Waals surface area contributed by atoms with Crippen molar-refractivity contribution in [2.75, 3.05) is 5.32 Å². The first-order chi connectivity index (χ1) is 9.99. The number of aromatic nitrogens is 1. The van der Waals surface area contributed by atoms with E-state index >= 15 is 0 Å². The summed E-state index contributed by atoms with van der Waals surface area (Å²) in [4.78, 5) is 26.4. The van der Waals surface area contributed by atoms with Crippen LogP contribution in [0, 0.1) is 17.0 Å². The lowest BCUT2D eigenvalue weighted by atomic mass is 10.1. The number of benzene rings is 1. The number of nitrogens with one attached hydrogen (secondary N) is 1. The number of aryl methyl sites for hydroxylation is 1. The fourth-order valence-corrected chi connectivity index (χ4v) is 2.42. The number of rotatable bonds is 5. The van der Waals surface area contributed by atoms with E-state index in [2.05, 4.69) is 10.3 Å². The molecule has 3 N–H and O–H groups in total. The van der Waals surface area contributed by atoms with Crippen LogP contribution < -0.4 is 11.1 Å². The summed E-state index contributed by atoms with van der Waals surface area (Å²) >= 11 is 1.40. The van der Waals surface area contributed by atoms with Gasteiger partial charge in [-0.25, -0.2) is 4.98 Å². The lowest BCUT2D eigenvalue weighted by Crippen LogP contribution is -2.15. The number of anilines is 1. The van der Waals surface area contributed by atoms with E-state index in [0.29, 0.717) is 17.9 Å². The van der Waals surface area contributed by atoms with Gasteiger partial charge in [0.2, 0.25) is 5.91 Å². The molecule has 1 heterocycles. The van der Waals surface area contributed by atoms with Gasteiger partial charge in [-0.15, -0.1) is 11.3 Å². The van der Waals surface area contributed by atoms with Crippen LogP contribution in [-0.2, 0) is 17.8 Å². The minimum Gasteiger partial charge on any atom is -0.325 e. The Kier molecular flexibility index (Phi) is 4.61. The zero-order chi connectivity index (χ0) is 15.4. The molecule has 0 aliphatic heterocycles. The summed E-state index contributed by atoms with van der Waals surface area (Å²) in [6, 6.07) is 4.35. The van der Waals surface area contributed by atoms with Gasteiger partial charge in [0.05, 0.1) is 22.7 Å². The number of nitrogens with zero attached hydrogens (tertiary/aromatic N) is 2. The molecule has 110 valence electrons. The smallest absolute Gasteiger partial charge is 0.271 e. The quantitative estimate of drug-likeness (QED) is 0.648. The normalized spacial score (nSPS) is 10.4. The van der Waals surface area contributed by atoms with Crippen molar-refractivity contribution in [1.82, 2.24) is 4.98 Å². The van der Waals surface area contributed by atoms with E-state index in [1.807, 2.05) is 0 Å². The Morgan fingerprint density at radius 1 is 1.52 bits per heavy atom. The van der Waals surface area contributed by atoms with E-state index in [-0.39, 0.29) is 18.0 Å². The number of amides is 1. The van der Waals surface area contributed by atoms with E-state index in [9.17, 15) is 14.9 Å². The number of carbonyl (C=O) groups excluding carboxylic acids is 1. The molecule has 0 fully saturated rings. The predicted molar refractivity (Wildman–Crippen MR) is 80.2 cm³/mol. The lowest BCUT2D eigenvalue weighted by molar-refractivity contribution is -0.384. The Morgan fingerprint density at radius 3 is 2.90 bits per heavy atom. The van der Waals surface area contributed by atoms with E-state index in [1.165, 1.54) is 23.5 Å². The van der Waals surface area contributed by atoms with Crippen molar-refractivity contribution in [3.63, 3.8) is 0 Å². The van der Waals surface area contributed by atoms with E-state index in [0.717, 1.165) is 10.6 Å². The highest BCUT2D eigenvalue weighted by atomic mass is 32.1. The van der Waals surface area contributed by atoms with Crippen LogP contribution in [0.4, 0.5) is 11.4 Å². The Morgan fingerprint density at radius 2 is 2.29 bits per heavy atom. The molecule has 0 saturated carbocycles. The van der Waals surface area contributed by atoms with Gasteiger partial charge in [0.15, 0.2) is 0 Å². The van der Waals surface area contributed by atoms with Gasteiger partial charge in [0.25, 0.3) is 5.69 Å². The number of thiazole rings is 1. The van der Waals surface area contributed by atoms with Gasteiger partial charge in [-0.1, -0.05) is 6.07 Å². The Balaban J connectivity index is 2.08. The number of hydrogen-bond donors (Lipinski definition) is 2. The molecule has 1 aromatic heterocycles. The number of nitrogens with two attached hydrogens (primary N) is 1. The van der Waals surface area contributed by atoms with Crippen LogP contribution in [0.25, 0.3) is 0 Å². The van der Waals surface area contributed by atoms with Crippen molar-refractivity contribution in [3.8, 4) is 0 Å². The van der Waals surface area contributed by atoms with Crippen LogP contribution in [0.2, 0.25) is 0 Å². The first kappa shape index (κ1) is 15.1. The molecule has 1 aromatic carbocycles. The SMILES string of the molecule is Cc1ccc([N+](=O)[O-])cc1NC(=O)Cc1csc(CN)n1. The molecular formula is C13H14N4O3S. The molecule has 0 bridgehead atoms. The standard InChI is InChI=1S/C13H14N4O3S/c1-8-2-3-10(17(19)20)5-11(8)16-12(18)4-9-7-21-13(6-14)15-9/h2-3,5,7H,4,6,14H2,1H3,(H,16,18). The minimum absolute atomic E-state index is 0.0602. The third kappa shape index (κ3) is 3.83. The second-order valence-electron chi connectivity index (χ2n) is 4.42. The maximum atomic E-state index is 12.0. The number of nitro groups is 1. The summed E-state index contributed by atoms with van der Waals surface area (Å²) in [6.45, 7) is 2.12. The van der Waals surface area contributed by atoms with Crippen molar-refractivity contribution in [3.05, 3.63) is 50.0 Å². The third-order valence-corrected chi connectivity index (χ3v) is 3.74. The van der Waals surface area contributed by atoms with Crippen LogP contribution >= 0.6 is 11.3 Å². The predicted octanol–water partition coefficient (Wildman–Crippen LogP) is 2.00. The highest BCUT2D eigenvalue weighted by molar-refractivity contribution is 7.09. The van der Waals surface area contributed by atoms with Gasteiger partial charge in [-0.2, -0.15) is 0 Å². The van der Waals surface area contributed by atoms with Crippen LogP contribution in [0.5, 0.6) is 0 Å². The molecule has 0 saturated heterocycles. The third-order valence-electron chi connectivity index (χ3n) is 2.82. The first-order valence-corrected chi connectivity index (χ1v) is 7.06. The van der Waals surface area contributed by atoms with Crippen molar-refractivity contribution in [2.45, 2.75) is 19.9 Å². The van der Waals surface area contributed by atoms with Gasteiger partial charge in [0, 0.05) is 24.1 Å². The molecule has 0 unspecified atom stereocenters. The second kappa shape index (κ2) is 6.42. The summed E-state index contributed by atoms with van der Waals surface area (Å²) in [7, 11) is 0. The average Bonchev–Trinajstić information content (AvgIpc) is 2.88. The van der Waals surface area contributed by atoms with Gasteiger partial charge in [0.1, 0.15) is 5.01 Å². The summed E-state index contributed by atoms with van der Waals surface area (Å²) in [5.74, 6) is -0.271. The fourth-order valence-electron chi connectivity index (χ4n) is 1.74. The Labute approximate surface area is 125 Å². The second-order valence-corrected chi connectivity index (χ2v) is 5.36. The topological polar surface area (TPSA) is 111 Å². The summed E-state index contributed by atoms with van der Waals surface area (Å²) in [5.41, 5.74) is 7.24. The molecule has 8 heteroatoms. The highest BCUT2D eigenvalue weighted by Crippen LogP contribution is 2.22. The minimum atomic E-state index is -0.497. The molecule has 21 heavy (non-hydrogen) atoms. The maximum absolute atomic E-state index is 12.0. The first-order valence-electron chi connectivity index (χ1n) is 6.18. The molecule has 0 radical (unpaired) electrons. The zero-order valence-electron chi connectivity index (χ0n) is 11.3. The van der Waals surface area contributed by atoms with Crippen molar-refractivity contribution >= 4 is 28.6 Å². The van der Waals surface area contributed by atoms with Gasteiger partial charge in [-0.05, 0) is 12.5 Å². The number of non-ortho nitro benzene ring substituents is 1. The zero-order valence-corrected chi connectivity index (χ0v) is 12.1. The van der Waals surface area contributed by atoms with Crippen LogP contribution in [0.3, 0.4) is 0 Å². The fraction of sp³-hybridized carbons (Fsp3) is 0.231. The van der Waals surface area contributed by atoms with Crippen molar-refractivity contribution < 1.29 is 9.72 Å². The highest BCUT2D eigenvalue weighted by Gasteiger charge is 2.12. The molecule has 0 aliphatic rings. The maximum Gasteiger partial charge on any atom is 0.271 e. The molecule has 0 aliphatic carbocycles. The largest absolute Gasteiger partial charge is 0.325 e. The van der Waals surface area contributed by atoms with Gasteiger partial charge in [-0.3, -0.25) is 14.9 Å². The lowest BCUT2D eigenvalue weighted by Gasteiger charge is -2.07. The molecule has 2 rings (SSSR count). The Hall–Kier alpha value is -2.32. The molecule has 7 nitrogen and oxygen atoms in total. The Bertz CT molecular complexity index is 684. The average molecular weight is 306 g/mol. The van der Waals surface area contributed by atoms with Crippen LogP contribution in [0.15, 0.2) is 23.6 Å². The molecule has 1 amide bonds. The number of hydrogen-bond acceptors (Lipinski definition) is 6. The number of nitro benzene ring substituents is 1. The van der Waals surface area contributed by atoms with Gasteiger partial charge >= 0.3 is 0 Å². The summed E-state index contributed by atoms with van der Waals surface area (Å²) in [6.07, 6.45) is 0.110. The monoisotopic (exact) mass is 306 g/mol. The van der Waals surface area contributed by atoms with Crippen LogP contribution in [0.1, 0.15) is 16.3 Å². The summed E-state index contributed by atoms with van der Waals surface area (Å²) in [5, 5.41) is 16.0. The van der Waals surface area contributed by atoms with E-state index in [4.69, 9.17) is 5.73 Å².